The molecule has 1 aromatic carbocycles. The molecular weight excluding hydrogens is 404 g/mol. The third kappa shape index (κ3) is 3.88. The minimum Gasteiger partial charge on any atom is -0.452 e. The van der Waals surface area contributed by atoms with E-state index in [1.54, 1.807) is 24.3 Å². The normalized spacial score (nSPS) is 23.1. The number of carbonyl (C=O) groups excluding carboxylic acids is 4. The van der Waals surface area contributed by atoms with E-state index in [2.05, 4.69) is 22.7 Å². The summed E-state index contributed by atoms with van der Waals surface area (Å²) >= 11 is 0. The summed E-state index contributed by atoms with van der Waals surface area (Å²) < 4.78 is 5.01. The minimum absolute atomic E-state index is 0.0115. The molecule has 4 amide bonds. The van der Waals surface area contributed by atoms with Crippen LogP contribution in [0, 0.1) is 5.92 Å². The van der Waals surface area contributed by atoms with E-state index in [1.165, 1.54) is 0 Å². The number of urea groups is 1. The quantitative estimate of drug-likeness (QED) is 0.496. The van der Waals surface area contributed by atoms with Crippen LogP contribution in [0.1, 0.15) is 43.0 Å². The number of H-pyrrole nitrogens is 1. The van der Waals surface area contributed by atoms with Crippen molar-refractivity contribution < 1.29 is 23.9 Å². The SMILES string of the molecule is CC1CCC2(CC1)NC(=O)N(NC(=O)COC(=O)c1cc(=O)[nH]c3ccccc13)C2=O. The number of aromatic amines is 1. The molecule has 3 N–H and O–H groups in total. The van der Waals surface area contributed by atoms with Gasteiger partial charge in [-0.3, -0.25) is 19.8 Å². The molecule has 2 aliphatic rings. The maximum Gasteiger partial charge on any atom is 0.344 e. The van der Waals surface area contributed by atoms with Crippen molar-refractivity contribution in [3.8, 4) is 0 Å². The molecule has 0 atom stereocenters. The Bertz CT molecular complexity index is 1130. The Hall–Kier alpha value is -3.69. The molecule has 1 aliphatic heterocycles. The van der Waals surface area contributed by atoms with Gasteiger partial charge in [0.15, 0.2) is 6.61 Å². The lowest BCUT2D eigenvalue weighted by Gasteiger charge is -2.33. The van der Waals surface area contributed by atoms with Gasteiger partial charge in [0, 0.05) is 17.0 Å². The van der Waals surface area contributed by atoms with E-state index in [0.717, 1.165) is 18.9 Å². The fraction of sp³-hybridized carbons (Fsp3) is 0.381. The number of nitrogens with zero attached hydrogens (tertiary/aromatic N) is 1. The molecule has 1 saturated carbocycles. The number of imide groups is 1. The Balaban J connectivity index is 1.40. The van der Waals surface area contributed by atoms with Crippen molar-refractivity contribution in [3.63, 3.8) is 0 Å². The first-order valence-electron chi connectivity index (χ1n) is 10.0. The number of hydrogen-bond acceptors (Lipinski definition) is 6. The molecule has 1 spiro atoms. The number of pyridine rings is 1. The smallest absolute Gasteiger partial charge is 0.344 e. The number of carbonyl (C=O) groups is 4. The maximum atomic E-state index is 12.8. The highest BCUT2D eigenvalue weighted by molar-refractivity contribution is 6.08. The molecule has 1 aromatic heterocycles. The Kier molecular flexibility index (Phi) is 5.22. The number of amides is 4. The van der Waals surface area contributed by atoms with Crippen molar-refractivity contribution in [1.82, 2.24) is 20.7 Å². The van der Waals surface area contributed by atoms with Crippen LogP contribution in [-0.2, 0) is 14.3 Å². The van der Waals surface area contributed by atoms with E-state index in [-0.39, 0.29) is 5.56 Å². The van der Waals surface area contributed by atoms with Gasteiger partial charge in [-0.15, -0.1) is 0 Å². The van der Waals surface area contributed by atoms with Gasteiger partial charge >= 0.3 is 12.0 Å². The number of nitrogens with one attached hydrogen (secondary N) is 3. The van der Waals surface area contributed by atoms with E-state index >= 15 is 0 Å². The maximum absolute atomic E-state index is 12.8. The molecule has 4 rings (SSSR count). The van der Waals surface area contributed by atoms with Gasteiger partial charge in [0.2, 0.25) is 5.56 Å². The van der Waals surface area contributed by atoms with Gasteiger partial charge in [0.1, 0.15) is 5.54 Å². The Morgan fingerprint density at radius 1 is 1.19 bits per heavy atom. The zero-order valence-corrected chi connectivity index (χ0v) is 16.9. The van der Waals surface area contributed by atoms with Crippen molar-refractivity contribution in [1.29, 1.82) is 0 Å². The summed E-state index contributed by atoms with van der Waals surface area (Å²) in [7, 11) is 0. The first-order chi connectivity index (χ1) is 14.8. The van der Waals surface area contributed by atoms with Gasteiger partial charge in [-0.1, -0.05) is 25.1 Å². The van der Waals surface area contributed by atoms with Crippen LogP contribution in [0.5, 0.6) is 0 Å². The average Bonchev–Trinajstić information content (AvgIpc) is 2.97. The number of aromatic nitrogens is 1. The van der Waals surface area contributed by atoms with Crippen LogP contribution < -0.4 is 16.3 Å². The van der Waals surface area contributed by atoms with Crippen LogP contribution >= 0.6 is 0 Å². The second kappa shape index (κ2) is 7.86. The number of hydrogen-bond donors (Lipinski definition) is 3. The van der Waals surface area contributed by atoms with Crippen molar-refractivity contribution in [3.05, 3.63) is 46.2 Å². The summed E-state index contributed by atoms with van der Waals surface area (Å²) in [5.74, 6) is -1.75. The predicted molar refractivity (Wildman–Crippen MR) is 109 cm³/mol. The highest BCUT2D eigenvalue weighted by atomic mass is 16.5. The largest absolute Gasteiger partial charge is 0.452 e. The molecule has 10 heteroatoms. The van der Waals surface area contributed by atoms with Gasteiger partial charge in [-0.25, -0.2) is 9.59 Å². The molecule has 0 bridgehead atoms. The van der Waals surface area contributed by atoms with Crippen LogP contribution in [-0.4, -0.2) is 46.0 Å². The predicted octanol–water partition coefficient (Wildman–Crippen LogP) is 1.22. The van der Waals surface area contributed by atoms with Crippen LogP contribution in [0.15, 0.2) is 35.1 Å². The summed E-state index contributed by atoms with van der Waals surface area (Å²) in [6.45, 7) is 1.37. The topological polar surface area (TPSA) is 138 Å². The number of fused-ring (bicyclic) bond motifs is 1. The van der Waals surface area contributed by atoms with Gasteiger partial charge in [0.05, 0.1) is 5.56 Å². The minimum atomic E-state index is -0.989. The van der Waals surface area contributed by atoms with Gasteiger partial charge in [-0.05, 0) is 37.7 Å². The first kappa shape index (κ1) is 20.6. The lowest BCUT2D eigenvalue weighted by Crippen LogP contribution is -2.52. The van der Waals surface area contributed by atoms with E-state index in [1.807, 2.05) is 0 Å². The third-order valence-electron chi connectivity index (χ3n) is 5.83. The average molecular weight is 426 g/mol. The molecular formula is C21H22N4O6. The van der Waals surface area contributed by atoms with Crippen LogP contribution in [0.2, 0.25) is 0 Å². The summed E-state index contributed by atoms with van der Waals surface area (Å²) in [6, 6.07) is 7.06. The summed E-state index contributed by atoms with van der Waals surface area (Å²) in [5, 5.41) is 3.80. The number of benzene rings is 1. The molecule has 162 valence electrons. The van der Waals surface area contributed by atoms with E-state index in [0.29, 0.717) is 34.7 Å². The van der Waals surface area contributed by atoms with Gasteiger partial charge in [0.25, 0.3) is 11.8 Å². The van der Waals surface area contributed by atoms with Gasteiger partial charge in [-0.2, -0.15) is 5.01 Å². The monoisotopic (exact) mass is 426 g/mol. The molecule has 0 radical (unpaired) electrons. The van der Waals surface area contributed by atoms with Crippen molar-refractivity contribution in [2.75, 3.05) is 6.61 Å². The molecule has 2 heterocycles. The van der Waals surface area contributed by atoms with Gasteiger partial charge < -0.3 is 15.0 Å². The molecule has 0 unspecified atom stereocenters. The molecule has 31 heavy (non-hydrogen) atoms. The fourth-order valence-electron chi connectivity index (χ4n) is 4.05. The lowest BCUT2D eigenvalue weighted by atomic mass is 9.77. The standard InChI is InChI=1S/C21H22N4O6/c1-12-6-8-21(9-7-12)19(29)25(20(30)23-21)24-17(27)11-31-18(28)14-10-16(26)22-15-5-3-2-4-13(14)15/h2-5,10,12H,6-9,11H2,1H3,(H,22,26)(H,23,30)(H,24,27). The second-order valence-electron chi connectivity index (χ2n) is 8.04. The second-order valence-corrected chi connectivity index (χ2v) is 8.04. The molecule has 2 fully saturated rings. The fourth-order valence-corrected chi connectivity index (χ4v) is 4.05. The summed E-state index contributed by atoms with van der Waals surface area (Å²) in [6.07, 6.45) is 2.62. The summed E-state index contributed by atoms with van der Waals surface area (Å²) in [5.41, 5.74) is 1.20. The molecule has 10 nitrogen and oxygen atoms in total. The Morgan fingerprint density at radius 3 is 2.65 bits per heavy atom. The molecule has 2 aromatic rings. The highest BCUT2D eigenvalue weighted by Gasteiger charge is 2.52. The number of rotatable bonds is 4. The first-order valence-corrected chi connectivity index (χ1v) is 10.0. The van der Waals surface area contributed by atoms with Crippen LogP contribution in [0.25, 0.3) is 10.9 Å². The third-order valence-corrected chi connectivity index (χ3v) is 5.83. The van der Waals surface area contributed by atoms with Crippen molar-refractivity contribution in [2.45, 2.75) is 38.1 Å². The van der Waals surface area contributed by atoms with Crippen LogP contribution in [0.4, 0.5) is 4.79 Å². The van der Waals surface area contributed by atoms with E-state index < -0.39 is 41.5 Å². The van der Waals surface area contributed by atoms with Crippen molar-refractivity contribution in [2.24, 2.45) is 5.92 Å². The van der Waals surface area contributed by atoms with Crippen LogP contribution in [0.3, 0.4) is 0 Å². The zero-order valence-electron chi connectivity index (χ0n) is 16.9. The lowest BCUT2D eigenvalue weighted by molar-refractivity contribution is -0.141. The van der Waals surface area contributed by atoms with E-state index in [4.69, 9.17) is 4.74 Å². The van der Waals surface area contributed by atoms with Crippen molar-refractivity contribution >= 4 is 34.7 Å². The Morgan fingerprint density at radius 2 is 1.90 bits per heavy atom. The number of ether oxygens (including phenoxy) is 1. The highest BCUT2D eigenvalue weighted by Crippen LogP contribution is 2.35. The molecule has 1 aliphatic carbocycles. The number of esters is 1. The number of para-hydroxylation sites is 1. The summed E-state index contributed by atoms with van der Waals surface area (Å²) in [4.78, 5) is 64.1. The Labute approximate surface area is 176 Å². The number of hydrazine groups is 1. The zero-order chi connectivity index (χ0) is 22.2. The molecule has 1 saturated heterocycles. The van der Waals surface area contributed by atoms with E-state index in [9.17, 15) is 24.0 Å².